The van der Waals surface area contributed by atoms with Crippen molar-refractivity contribution in [1.29, 1.82) is 0 Å². The predicted octanol–water partition coefficient (Wildman–Crippen LogP) is 5.10. The minimum atomic E-state index is 0.0191. The van der Waals surface area contributed by atoms with Gasteiger partial charge in [-0.2, -0.15) is 0 Å². The highest BCUT2D eigenvalue weighted by Gasteiger charge is 2.27. The van der Waals surface area contributed by atoms with Crippen LogP contribution in [0.4, 0.5) is 11.4 Å². The molecule has 1 amide bonds. The molecule has 1 saturated heterocycles. The first kappa shape index (κ1) is 20.1. The molecular weight excluding hydrogens is 376 g/mol. The number of aromatic nitrogens is 2. The lowest BCUT2D eigenvalue weighted by Gasteiger charge is -2.34. The van der Waals surface area contributed by atoms with Crippen LogP contribution in [0.5, 0.6) is 5.75 Å². The summed E-state index contributed by atoms with van der Waals surface area (Å²) in [4.78, 5) is 24.5. The number of nitrogens with one attached hydrogen (secondary N) is 1. The lowest BCUT2D eigenvalue weighted by atomic mass is 10.0. The summed E-state index contributed by atoms with van der Waals surface area (Å²) >= 11 is 0. The van der Waals surface area contributed by atoms with Crippen molar-refractivity contribution in [2.75, 3.05) is 18.5 Å². The number of carbonyl (C=O) groups is 1. The number of fused-ring (bicyclic) bond motifs is 1. The Hall–Kier alpha value is -3.15. The van der Waals surface area contributed by atoms with Crippen molar-refractivity contribution in [2.24, 2.45) is 0 Å². The van der Waals surface area contributed by atoms with Crippen molar-refractivity contribution in [1.82, 2.24) is 14.9 Å². The average Bonchev–Trinajstić information content (AvgIpc) is 2.75. The molecule has 1 aliphatic rings. The molecular formula is C24H28N4O2. The van der Waals surface area contributed by atoms with Gasteiger partial charge in [-0.15, -0.1) is 0 Å². The second kappa shape index (κ2) is 8.69. The molecule has 1 N–H and O–H groups in total. The van der Waals surface area contributed by atoms with Gasteiger partial charge in [0.2, 0.25) is 0 Å². The maximum Gasteiger partial charge on any atom is 0.257 e. The summed E-state index contributed by atoms with van der Waals surface area (Å²) in [6, 6.07) is 11.9. The largest absolute Gasteiger partial charge is 0.494 e. The first-order valence-electron chi connectivity index (χ1n) is 10.6. The Bertz CT molecular complexity index is 1050. The van der Waals surface area contributed by atoms with Crippen LogP contribution in [0.15, 0.2) is 42.6 Å². The van der Waals surface area contributed by atoms with Gasteiger partial charge in [-0.1, -0.05) is 0 Å². The van der Waals surface area contributed by atoms with Crippen LogP contribution in [0.3, 0.4) is 0 Å². The number of ether oxygens (including phenoxy) is 1. The number of nitrogens with zero attached hydrogens (tertiary/aromatic N) is 3. The molecule has 0 bridgehead atoms. The van der Waals surface area contributed by atoms with Crippen molar-refractivity contribution in [3.05, 3.63) is 53.9 Å². The van der Waals surface area contributed by atoms with Gasteiger partial charge >= 0.3 is 0 Å². The summed E-state index contributed by atoms with van der Waals surface area (Å²) in [6.07, 6.45) is 4.91. The molecule has 0 saturated carbocycles. The summed E-state index contributed by atoms with van der Waals surface area (Å²) in [6.45, 7) is 7.43. The van der Waals surface area contributed by atoms with E-state index in [2.05, 4.69) is 22.2 Å². The molecule has 1 atom stereocenters. The second-order valence-electron chi connectivity index (χ2n) is 7.80. The summed E-state index contributed by atoms with van der Waals surface area (Å²) in [5, 5.41) is 4.29. The number of carbonyl (C=O) groups excluding carboxylic acids is 1. The fourth-order valence-corrected chi connectivity index (χ4v) is 3.97. The maximum absolute atomic E-state index is 13.5. The summed E-state index contributed by atoms with van der Waals surface area (Å²) < 4.78 is 5.54. The Balaban J connectivity index is 1.76. The number of aryl methyl sites for hydroxylation is 1. The molecule has 1 fully saturated rings. The Kier molecular flexibility index (Phi) is 5.84. The fraction of sp³-hybridized carbons (Fsp3) is 0.375. The summed E-state index contributed by atoms with van der Waals surface area (Å²) in [5.74, 6) is 0.837. The molecule has 0 radical (unpaired) electrons. The molecule has 30 heavy (non-hydrogen) atoms. The minimum absolute atomic E-state index is 0.0191. The molecule has 156 valence electrons. The van der Waals surface area contributed by atoms with Crippen LogP contribution >= 0.6 is 0 Å². The molecule has 4 rings (SSSR count). The minimum Gasteiger partial charge on any atom is -0.494 e. The van der Waals surface area contributed by atoms with Crippen molar-refractivity contribution in [3.63, 3.8) is 0 Å². The molecule has 0 spiro atoms. The van der Waals surface area contributed by atoms with Crippen LogP contribution < -0.4 is 10.1 Å². The van der Waals surface area contributed by atoms with Gasteiger partial charge in [-0.05, 0) is 76.4 Å². The van der Waals surface area contributed by atoms with E-state index in [-0.39, 0.29) is 11.9 Å². The highest BCUT2D eigenvalue weighted by molar-refractivity contribution is 6.07. The third kappa shape index (κ3) is 4.08. The van der Waals surface area contributed by atoms with Crippen LogP contribution in [0.2, 0.25) is 0 Å². The number of anilines is 2. The third-order valence-corrected chi connectivity index (χ3v) is 5.60. The number of pyridine rings is 2. The normalized spacial score (nSPS) is 16.5. The number of piperidine rings is 1. The van der Waals surface area contributed by atoms with Crippen molar-refractivity contribution >= 4 is 28.3 Å². The summed E-state index contributed by atoms with van der Waals surface area (Å²) in [7, 11) is 0. The first-order chi connectivity index (χ1) is 14.6. The lowest BCUT2D eigenvalue weighted by Crippen LogP contribution is -2.42. The third-order valence-electron chi connectivity index (χ3n) is 5.60. The zero-order valence-electron chi connectivity index (χ0n) is 17.8. The molecule has 3 aromatic rings. The molecule has 6 heteroatoms. The molecule has 1 aromatic carbocycles. The Labute approximate surface area is 177 Å². The van der Waals surface area contributed by atoms with Gasteiger partial charge in [0.15, 0.2) is 5.65 Å². The quantitative estimate of drug-likeness (QED) is 0.641. The van der Waals surface area contributed by atoms with Gasteiger partial charge < -0.3 is 15.0 Å². The van der Waals surface area contributed by atoms with Crippen molar-refractivity contribution in [3.8, 4) is 5.75 Å². The first-order valence-corrected chi connectivity index (χ1v) is 10.6. The van der Waals surface area contributed by atoms with Crippen molar-refractivity contribution in [2.45, 2.75) is 46.1 Å². The van der Waals surface area contributed by atoms with E-state index in [1.165, 1.54) is 6.42 Å². The van der Waals surface area contributed by atoms with E-state index in [4.69, 9.17) is 4.74 Å². The Morgan fingerprint density at radius 2 is 2.00 bits per heavy atom. The van der Waals surface area contributed by atoms with E-state index in [0.717, 1.165) is 47.6 Å². The van der Waals surface area contributed by atoms with Gasteiger partial charge in [-0.25, -0.2) is 9.97 Å². The highest BCUT2D eigenvalue weighted by atomic mass is 16.5. The van der Waals surface area contributed by atoms with Gasteiger partial charge in [0.1, 0.15) is 5.75 Å². The Morgan fingerprint density at radius 3 is 2.73 bits per heavy atom. The van der Waals surface area contributed by atoms with Crippen LogP contribution in [-0.4, -0.2) is 40.0 Å². The number of rotatable bonds is 5. The number of benzene rings is 1. The zero-order valence-corrected chi connectivity index (χ0v) is 17.8. The molecule has 1 aliphatic heterocycles. The van der Waals surface area contributed by atoms with Crippen molar-refractivity contribution < 1.29 is 9.53 Å². The van der Waals surface area contributed by atoms with E-state index in [1.54, 1.807) is 6.20 Å². The zero-order chi connectivity index (χ0) is 21.1. The molecule has 1 unspecified atom stereocenters. The van der Waals surface area contributed by atoms with E-state index in [1.807, 2.05) is 55.1 Å². The molecule has 2 aromatic heterocycles. The molecule has 6 nitrogen and oxygen atoms in total. The van der Waals surface area contributed by atoms with Crippen LogP contribution in [-0.2, 0) is 0 Å². The van der Waals surface area contributed by atoms with E-state index in [0.29, 0.717) is 17.8 Å². The Morgan fingerprint density at radius 1 is 1.20 bits per heavy atom. The van der Waals surface area contributed by atoms with Gasteiger partial charge in [0, 0.05) is 35.6 Å². The predicted molar refractivity (Wildman–Crippen MR) is 120 cm³/mol. The molecule has 3 heterocycles. The number of amides is 1. The summed E-state index contributed by atoms with van der Waals surface area (Å²) in [5.41, 5.74) is 3.74. The fourth-order valence-electron chi connectivity index (χ4n) is 3.97. The number of likely N-dealkylation sites (tertiary alicyclic amines) is 1. The standard InChI is InChI=1S/C24H28N4O2/c1-4-30-19-11-9-18(10-12-19)27-22-20-13-8-16(2)26-23(20)25-15-21(22)24(29)28-14-6-5-7-17(28)3/h8-13,15,17H,4-7,14H2,1-3H3,(H,25,26,27). The van der Waals surface area contributed by atoms with Crippen LogP contribution in [0.1, 0.15) is 49.2 Å². The molecule has 0 aliphatic carbocycles. The van der Waals surface area contributed by atoms with Crippen LogP contribution in [0, 0.1) is 6.92 Å². The average molecular weight is 405 g/mol. The van der Waals surface area contributed by atoms with Crippen LogP contribution in [0.25, 0.3) is 11.0 Å². The second-order valence-corrected chi connectivity index (χ2v) is 7.80. The monoisotopic (exact) mass is 404 g/mol. The van der Waals surface area contributed by atoms with Gasteiger partial charge in [-0.3, -0.25) is 4.79 Å². The van der Waals surface area contributed by atoms with Gasteiger partial charge in [0.25, 0.3) is 5.91 Å². The number of hydrogen-bond donors (Lipinski definition) is 1. The topological polar surface area (TPSA) is 67.3 Å². The van der Waals surface area contributed by atoms with Gasteiger partial charge in [0.05, 0.1) is 17.9 Å². The van der Waals surface area contributed by atoms with E-state index in [9.17, 15) is 4.79 Å². The van der Waals surface area contributed by atoms with E-state index >= 15 is 0 Å². The SMILES string of the molecule is CCOc1ccc(Nc2c(C(=O)N3CCCCC3C)cnc3nc(C)ccc23)cc1. The highest BCUT2D eigenvalue weighted by Crippen LogP contribution is 2.31. The number of hydrogen-bond acceptors (Lipinski definition) is 5. The lowest BCUT2D eigenvalue weighted by molar-refractivity contribution is 0.0636. The maximum atomic E-state index is 13.5. The smallest absolute Gasteiger partial charge is 0.257 e. The van der Waals surface area contributed by atoms with E-state index < -0.39 is 0 Å².